The lowest BCUT2D eigenvalue weighted by Crippen LogP contribution is -2.41. The molecule has 18 nitrogen and oxygen atoms in total. The fourth-order valence-corrected chi connectivity index (χ4v) is 7.13. The zero-order chi connectivity index (χ0) is 34.0. The van der Waals surface area contributed by atoms with Crippen molar-refractivity contribution in [3.8, 4) is 0 Å². The number of allylic oxidation sites excluding steroid dienone is 1. The van der Waals surface area contributed by atoms with Crippen LogP contribution in [0.5, 0.6) is 0 Å². The van der Waals surface area contributed by atoms with Gasteiger partial charge in [0, 0.05) is 34.1 Å². The number of fused-ring (bicyclic) bond motifs is 1. The number of nitrogens with one attached hydrogen (secondary N) is 1. The maximum Gasteiger partial charge on any atom is 0.364 e. The normalized spacial score (nSPS) is 25.5. The predicted octanol–water partition coefficient (Wildman–Crippen LogP) is 2.08. The van der Waals surface area contributed by atoms with Crippen LogP contribution in [0.2, 0.25) is 0 Å². The summed E-state index contributed by atoms with van der Waals surface area (Å²) >= 11 is 9.17. The van der Waals surface area contributed by atoms with Gasteiger partial charge in [0.2, 0.25) is 5.95 Å². The molecule has 2 aliphatic heterocycles. The third-order valence-electron chi connectivity index (χ3n) is 7.30. The lowest BCUT2D eigenvalue weighted by molar-refractivity contribution is -0.0360. The van der Waals surface area contributed by atoms with Crippen molar-refractivity contribution < 1.29 is 37.5 Å². The molecule has 3 unspecified atom stereocenters. The van der Waals surface area contributed by atoms with E-state index in [1.807, 2.05) is 13.8 Å². The first-order valence-corrected chi connectivity index (χ1v) is 17.7. The number of carbonyl (C=O) groups excluding carboxylic acids is 1. The van der Waals surface area contributed by atoms with Crippen LogP contribution in [0.4, 0.5) is 22.4 Å². The number of nitrogens with two attached hydrogens (primary N) is 2. The van der Waals surface area contributed by atoms with Gasteiger partial charge in [0.25, 0.3) is 5.56 Å². The molecule has 3 aromatic rings. The number of hydrogen-bond acceptors (Lipinski definition) is 16. The first kappa shape index (κ1) is 35.5. The van der Waals surface area contributed by atoms with Gasteiger partial charge in [-0.05, 0) is 32.6 Å². The molecular weight excluding hydrogens is 696 g/mol. The highest BCUT2D eigenvalue weighted by Crippen LogP contribution is 2.49. The van der Waals surface area contributed by atoms with E-state index in [1.165, 1.54) is 12.7 Å². The van der Waals surface area contributed by atoms with Gasteiger partial charge in [-0.3, -0.25) is 14.3 Å². The van der Waals surface area contributed by atoms with Gasteiger partial charge in [0.1, 0.15) is 30.3 Å². The summed E-state index contributed by atoms with van der Waals surface area (Å²) in [5.74, 6) is 0.647. The molecule has 0 radical (unpaired) electrons. The Morgan fingerprint density at radius 1 is 1.28 bits per heavy atom. The molecule has 0 aliphatic carbocycles. The second-order valence-electron chi connectivity index (χ2n) is 11.0. The first-order valence-electron chi connectivity index (χ1n) is 14.2. The topological polar surface area (TPSA) is 237 Å². The summed E-state index contributed by atoms with van der Waals surface area (Å²) in [5.41, 5.74) is 13.1. The van der Waals surface area contributed by atoms with Gasteiger partial charge in [-0.25, -0.2) is 19.7 Å². The van der Waals surface area contributed by atoms with Gasteiger partial charge < -0.3 is 49.0 Å². The van der Waals surface area contributed by atoms with Crippen molar-refractivity contribution >= 4 is 74.7 Å². The van der Waals surface area contributed by atoms with E-state index in [0.717, 1.165) is 5.57 Å². The molecule has 256 valence electrons. The first-order chi connectivity index (χ1) is 22.3. The Morgan fingerprint density at radius 3 is 2.74 bits per heavy atom. The quantitative estimate of drug-likeness (QED) is 0.102. The smallest absolute Gasteiger partial charge is 0.364 e. The molecule has 2 aliphatic rings. The van der Waals surface area contributed by atoms with Crippen molar-refractivity contribution in [2.24, 2.45) is 0 Å². The van der Waals surface area contributed by atoms with Crippen molar-refractivity contribution in [1.82, 2.24) is 29.5 Å². The Kier molecular flexibility index (Phi) is 11.2. The summed E-state index contributed by atoms with van der Waals surface area (Å²) in [7, 11) is 2.13. The second kappa shape index (κ2) is 14.8. The van der Waals surface area contributed by atoms with E-state index in [9.17, 15) is 14.5 Å². The maximum atomic E-state index is 12.3. The van der Waals surface area contributed by atoms with Gasteiger partial charge in [-0.1, -0.05) is 18.2 Å². The minimum Gasteiger partial charge on any atom is -0.450 e. The lowest BCUT2D eigenvalue weighted by atomic mass is 10.1. The Morgan fingerprint density at radius 2 is 2.04 bits per heavy atom. The molecule has 6 N–H and O–H groups in total. The number of nitrogens with zero attached hydrogens (tertiary/aromatic N) is 6. The molecule has 0 spiro atoms. The number of aromatic amines is 1. The Labute approximate surface area is 281 Å². The standard InChI is InChI=1S/C25H35N9O9P2S2/c1-11(2)6-33(20-12(3)19(26)28-9-29-20)23-15(42-25(36)46)4-13(40-23)7-39-45(37,47)43-14-5-17(41-16(14)8-38-44)34-10-30-18-21(34)31-24(27)32-22(18)35/h6,9-10,13-17,23H,4-5,7-8,44H2,1-3H3,(H,36,46)(H,37,47)(H2,26,28,29)(H3,27,31,32,35)/t13-,14-,15+,16?,17+,23+,45?/m0/s1. The Hall–Kier alpha value is -2.77. The molecule has 0 amide bonds. The van der Waals surface area contributed by atoms with Crippen molar-refractivity contribution in [2.45, 2.75) is 70.5 Å². The number of thiol groups is 1. The minimum atomic E-state index is -3.90. The number of ether oxygens (including phenoxy) is 3. The summed E-state index contributed by atoms with van der Waals surface area (Å²) in [4.78, 5) is 56.1. The highest BCUT2D eigenvalue weighted by molar-refractivity contribution is 8.07. The number of H-pyrrole nitrogens is 1. The number of anilines is 3. The molecule has 2 fully saturated rings. The van der Waals surface area contributed by atoms with Crippen LogP contribution < -0.4 is 21.9 Å². The summed E-state index contributed by atoms with van der Waals surface area (Å²) in [6, 6.07) is 0. The van der Waals surface area contributed by atoms with Crippen LogP contribution in [0.1, 0.15) is 38.5 Å². The molecule has 0 bridgehead atoms. The number of hydrogen-bond donors (Lipinski definition) is 5. The van der Waals surface area contributed by atoms with E-state index < -0.39 is 54.5 Å². The third kappa shape index (κ3) is 8.28. The van der Waals surface area contributed by atoms with E-state index in [4.69, 9.17) is 51.1 Å². The number of aromatic nitrogens is 6. The summed E-state index contributed by atoms with van der Waals surface area (Å²) in [6.07, 6.45) is 0.383. The lowest BCUT2D eigenvalue weighted by Gasteiger charge is -2.31. The molecule has 8 atom stereocenters. The molecule has 5 heterocycles. The summed E-state index contributed by atoms with van der Waals surface area (Å²) in [5, 5.41) is -0.803. The molecule has 22 heteroatoms. The zero-order valence-electron chi connectivity index (χ0n) is 25.5. The average molecular weight is 732 g/mol. The predicted molar refractivity (Wildman–Crippen MR) is 180 cm³/mol. The number of nitrogen functional groups attached to an aromatic ring is 2. The number of imidazole rings is 1. The SMILES string of the molecule is CC(C)=CN(c1ncnc(N)c1C)[C@@H]1O[C@H](COP(O)(=S)O[C@H]2C[C@H](n3cnc4c(=O)[nH]c(N)nc43)OC2COP)C[C@H]1OC(=O)S. The van der Waals surface area contributed by atoms with E-state index in [-0.39, 0.29) is 49.0 Å². The largest absolute Gasteiger partial charge is 0.450 e. The van der Waals surface area contributed by atoms with Gasteiger partial charge in [-0.2, -0.15) is 4.98 Å². The summed E-state index contributed by atoms with van der Waals surface area (Å²) in [6.45, 7) is 1.51. The molecular formula is C25H35N9O9P2S2. The minimum absolute atomic E-state index is 0.0707. The molecule has 0 aromatic carbocycles. The second-order valence-corrected chi connectivity index (χ2v) is 14.5. The molecule has 3 aromatic heterocycles. The van der Waals surface area contributed by atoms with Crippen LogP contribution in [0.15, 0.2) is 29.2 Å². The molecule has 47 heavy (non-hydrogen) atoms. The van der Waals surface area contributed by atoms with Crippen molar-refractivity contribution in [2.75, 3.05) is 29.6 Å². The molecule has 0 saturated carbocycles. The molecule has 2 saturated heterocycles. The van der Waals surface area contributed by atoms with Crippen LogP contribution in [0.3, 0.4) is 0 Å². The van der Waals surface area contributed by atoms with Gasteiger partial charge in [-0.15, -0.1) is 0 Å². The Balaban J connectivity index is 1.29. The van der Waals surface area contributed by atoms with E-state index >= 15 is 0 Å². The van der Waals surface area contributed by atoms with Crippen LogP contribution in [-0.4, -0.2) is 83.5 Å². The maximum absolute atomic E-state index is 12.3. The Bertz CT molecular complexity index is 1760. The highest BCUT2D eigenvalue weighted by atomic mass is 32.5. The van der Waals surface area contributed by atoms with Crippen molar-refractivity contribution in [1.29, 1.82) is 0 Å². The average Bonchev–Trinajstić information content (AvgIpc) is 3.69. The van der Waals surface area contributed by atoms with Crippen LogP contribution in [0, 0.1) is 6.92 Å². The van der Waals surface area contributed by atoms with Crippen molar-refractivity contribution in [3.05, 3.63) is 40.3 Å². The van der Waals surface area contributed by atoms with Gasteiger partial charge >= 0.3 is 12.0 Å². The van der Waals surface area contributed by atoms with E-state index in [2.05, 4.69) is 47.0 Å². The van der Waals surface area contributed by atoms with Crippen molar-refractivity contribution in [3.63, 3.8) is 0 Å². The van der Waals surface area contributed by atoms with Gasteiger partial charge in [0.15, 0.2) is 23.5 Å². The van der Waals surface area contributed by atoms with Gasteiger partial charge in [0.05, 0.1) is 31.7 Å². The molecule has 5 rings (SSSR count). The highest BCUT2D eigenvalue weighted by Gasteiger charge is 2.44. The zero-order valence-corrected chi connectivity index (χ0v) is 29.2. The third-order valence-corrected chi connectivity index (χ3v) is 9.19. The summed E-state index contributed by atoms with van der Waals surface area (Å²) < 4.78 is 36.3. The van der Waals surface area contributed by atoms with E-state index in [0.29, 0.717) is 11.4 Å². The fraction of sp³-hybridized carbons (Fsp3) is 0.520. The number of rotatable bonds is 12. The number of carbonyl (C=O) groups is 1. The van der Waals surface area contributed by atoms with Crippen LogP contribution in [-0.2, 0) is 39.6 Å². The van der Waals surface area contributed by atoms with Crippen LogP contribution >= 0.6 is 28.8 Å². The van der Waals surface area contributed by atoms with E-state index in [1.54, 1.807) is 22.6 Å². The van der Waals surface area contributed by atoms with Crippen LogP contribution in [0.25, 0.3) is 11.2 Å². The monoisotopic (exact) mass is 731 g/mol. The fourth-order valence-electron chi connectivity index (χ4n) is 5.31.